The molecule has 2 nitrogen and oxygen atoms in total. The maximum Gasteiger partial charge on any atom is 0.460 e. The zero-order chi connectivity index (χ0) is 21.9. The van der Waals surface area contributed by atoms with Crippen molar-refractivity contribution in [3.8, 4) is 0 Å². The largest absolute Gasteiger partial charge is 0.460 e. The Hall–Kier alpha value is -1.54. The SMILES string of the molecule is Cc1cc(C(F)(F)C(F)(F)C(F)(F)C(F)(F)C(F)(F)C(F)(F)F)nc(Cl)n1. The van der Waals surface area contributed by atoms with Gasteiger partial charge in [-0.25, -0.2) is 9.97 Å². The summed E-state index contributed by atoms with van der Waals surface area (Å²) in [5.41, 5.74) is -3.06. The molecule has 1 heterocycles. The second-order valence-electron chi connectivity index (χ2n) is 5.03. The molecule has 0 saturated carbocycles. The van der Waals surface area contributed by atoms with Crippen molar-refractivity contribution in [3.63, 3.8) is 0 Å². The highest BCUT2D eigenvalue weighted by Crippen LogP contribution is 2.61. The minimum absolute atomic E-state index is 0.129. The summed E-state index contributed by atoms with van der Waals surface area (Å²) in [6.45, 7) is 0.801. The number of aromatic nitrogens is 2. The van der Waals surface area contributed by atoms with E-state index in [4.69, 9.17) is 11.6 Å². The lowest BCUT2D eigenvalue weighted by Gasteiger charge is -2.39. The molecule has 0 saturated heterocycles. The van der Waals surface area contributed by atoms with Gasteiger partial charge in [-0.05, 0) is 24.6 Å². The van der Waals surface area contributed by atoms with Crippen molar-refractivity contribution in [3.05, 3.63) is 22.7 Å². The van der Waals surface area contributed by atoms with Crippen LogP contribution in [0.2, 0.25) is 5.28 Å². The van der Waals surface area contributed by atoms with Gasteiger partial charge < -0.3 is 0 Å². The van der Waals surface area contributed by atoms with Gasteiger partial charge in [-0.1, -0.05) is 0 Å². The van der Waals surface area contributed by atoms with Crippen molar-refractivity contribution in [1.29, 1.82) is 0 Å². The lowest BCUT2D eigenvalue weighted by Crippen LogP contribution is -2.69. The molecule has 0 aliphatic rings. The van der Waals surface area contributed by atoms with Crippen LogP contribution in [0.1, 0.15) is 11.4 Å². The maximum atomic E-state index is 13.8. The molecule has 0 spiro atoms. The van der Waals surface area contributed by atoms with E-state index < -0.39 is 52.5 Å². The maximum absolute atomic E-state index is 13.8. The van der Waals surface area contributed by atoms with E-state index in [0.29, 0.717) is 0 Å². The van der Waals surface area contributed by atoms with Crippen LogP contribution in [0.5, 0.6) is 0 Å². The van der Waals surface area contributed by atoms with Crippen molar-refractivity contribution in [2.75, 3.05) is 0 Å². The number of nitrogens with zero attached hydrogens (tertiary/aromatic N) is 2. The van der Waals surface area contributed by atoms with E-state index in [0.717, 1.165) is 6.92 Å². The van der Waals surface area contributed by atoms with Gasteiger partial charge in [0.15, 0.2) is 0 Å². The summed E-state index contributed by atoms with van der Waals surface area (Å²) in [5, 5.41) is -1.24. The smallest absolute Gasteiger partial charge is 0.223 e. The first kappa shape index (κ1) is 23.5. The van der Waals surface area contributed by atoms with E-state index in [-0.39, 0.29) is 6.07 Å². The molecule has 0 N–H and O–H groups in total. The van der Waals surface area contributed by atoms with Crippen LogP contribution in [-0.2, 0) is 5.92 Å². The summed E-state index contributed by atoms with van der Waals surface area (Å²) in [7, 11) is 0. The predicted molar refractivity (Wildman–Crippen MR) is 61.5 cm³/mol. The summed E-state index contributed by atoms with van der Waals surface area (Å²) in [6.07, 6.45) is -7.46. The fourth-order valence-electron chi connectivity index (χ4n) is 1.62. The Bertz CT molecular complexity index is 692. The molecule has 0 radical (unpaired) electrons. The van der Waals surface area contributed by atoms with Crippen LogP contribution in [-0.4, -0.2) is 39.8 Å². The van der Waals surface area contributed by atoms with E-state index in [2.05, 4.69) is 9.97 Å². The van der Waals surface area contributed by atoms with E-state index in [1.165, 1.54) is 0 Å². The summed E-state index contributed by atoms with van der Waals surface area (Å²) < 4.78 is 169. The normalized spacial score (nSPS) is 15.2. The molecule has 0 fully saturated rings. The number of hydrogen-bond donors (Lipinski definition) is 0. The van der Waals surface area contributed by atoms with Gasteiger partial charge in [0, 0.05) is 5.69 Å². The Morgan fingerprint density at radius 3 is 1.44 bits per heavy atom. The van der Waals surface area contributed by atoms with Crippen molar-refractivity contribution >= 4 is 11.6 Å². The topological polar surface area (TPSA) is 25.8 Å². The second-order valence-corrected chi connectivity index (χ2v) is 5.37. The fraction of sp³-hybridized carbons (Fsp3) is 0.636. The number of rotatable bonds is 5. The van der Waals surface area contributed by atoms with Crippen LogP contribution in [0.25, 0.3) is 0 Å². The van der Waals surface area contributed by atoms with E-state index in [1.54, 1.807) is 0 Å². The van der Waals surface area contributed by atoms with Crippen LogP contribution in [0, 0.1) is 6.92 Å². The first-order valence-electron chi connectivity index (χ1n) is 6.12. The average molecular weight is 447 g/mol. The Balaban J connectivity index is 3.63. The first-order chi connectivity index (χ1) is 11.6. The van der Waals surface area contributed by atoms with Gasteiger partial charge in [0.2, 0.25) is 5.28 Å². The standard InChI is InChI=1S/C11H4ClF13N2/c1-3-2-4(27-5(12)26-3)6(13,14)7(15,16)8(17,18)9(19,20)10(21,22)11(23,24)25/h2H,1H3. The summed E-state index contributed by atoms with van der Waals surface area (Å²) in [6, 6.07) is -0.129. The average Bonchev–Trinajstić information content (AvgIpc) is 2.44. The highest BCUT2D eigenvalue weighted by molar-refractivity contribution is 6.28. The molecule has 0 unspecified atom stereocenters. The highest BCUT2D eigenvalue weighted by Gasteiger charge is 2.91. The molecule has 27 heavy (non-hydrogen) atoms. The predicted octanol–water partition coefficient (Wildman–Crippen LogP) is 5.63. The molecule has 156 valence electrons. The van der Waals surface area contributed by atoms with Gasteiger partial charge in [-0.3, -0.25) is 0 Å². The Morgan fingerprint density at radius 1 is 0.667 bits per heavy atom. The highest BCUT2D eigenvalue weighted by atomic mass is 35.5. The molecular weight excluding hydrogens is 443 g/mol. The molecule has 0 amide bonds. The number of alkyl halides is 13. The first-order valence-corrected chi connectivity index (χ1v) is 6.50. The van der Waals surface area contributed by atoms with Crippen molar-refractivity contribution in [2.45, 2.75) is 42.7 Å². The molecule has 0 atom stereocenters. The Labute approximate surface area is 145 Å². The van der Waals surface area contributed by atoms with Gasteiger partial charge in [0.1, 0.15) is 5.69 Å². The number of hydrogen-bond acceptors (Lipinski definition) is 2. The molecule has 1 rings (SSSR count). The van der Waals surface area contributed by atoms with Crippen LogP contribution < -0.4 is 0 Å². The van der Waals surface area contributed by atoms with Crippen molar-refractivity contribution < 1.29 is 57.1 Å². The Morgan fingerprint density at radius 2 is 1.07 bits per heavy atom. The fourth-order valence-corrected chi connectivity index (χ4v) is 1.85. The van der Waals surface area contributed by atoms with Gasteiger partial charge in [0.25, 0.3) is 0 Å². The molecule has 1 aromatic heterocycles. The summed E-state index contributed by atoms with van der Waals surface area (Å²) in [5.74, 6) is -37.5. The molecule has 0 aliphatic carbocycles. The minimum atomic E-state index is -7.96. The van der Waals surface area contributed by atoms with Gasteiger partial charge in [0.05, 0.1) is 0 Å². The number of halogens is 14. The van der Waals surface area contributed by atoms with Gasteiger partial charge in [-0.15, -0.1) is 0 Å². The zero-order valence-corrected chi connectivity index (χ0v) is 13.0. The quantitative estimate of drug-likeness (QED) is 0.432. The van der Waals surface area contributed by atoms with Crippen LogP contribution in [0.4, 0.5) is 57.1 Å². The van der Waals surface area contributed by atoms with Gasteiger partial charge in [-0.2, -0.15) is 57.1 Å². The zero-order valence-electron chi connectivity index (χ0n) is 12.3. The third-order valence-corrected chi connectivity index (χ3v) is 3.25. The Kier molecular flexibility index (Phi) is 5.43. The minimum Gasteiger partial charge on any atom is -0.223 e. The monoisotopic (exact) mass is 446 g/mol. The van der Waals surface area contributed by atoms with E-state index in [1.807, 2.05) is 0 Å². The molecule has 1 aromatic rings. The van der Waals surface area contributed by atoms with Crippen LogP contribution in [0.15, 0.2) is 6.07 Å². The lowest BCUT2D eigenvalue weighted by molar-refractivity contribution is -0.442. The van der Waals surface area contributed by atoms with Crippen LogP contribution >= 0.6 is 11.6 Å². The summed E-state index contributed by atoms with van der Waals surface area (Å²) in [4.78, 5) is 5.50. The summed E-state index contributed by atoms with van der Waals surface area (Å²) >= 11 is 5.04. The molecule has 0 aliphatic heterocycles. The van der Waals surface area contributed by atoms with Crippen LogP contribution in [0.3, 0.4) is 0 Å². The number of aryl methyl sites for hydroxylation is 1. The van der Waals surface area contributed by atoms with E-state index in [9.17, 15) is 57.1 Å². The van der Waals surface area contributed by atoms with Crippen molar-refractivity contribution in [1.82, 2.24) is 9.97 Å². The second kappa shape index (κ2) is 6.24. The molecular formula is C11H4ClF13N2. The third kappa shape index (κ3) is 3.27. The lowest BCUT2D eigenvalue weighted by atomic mass is 9.92. The third-order valence-electron chi connectivity index (χ3n) is 3.08. The van der Waals surface area contributed by atoms with Crippen molar-refractivity contribution in [2.24, 2.45) is 0 Å². The molecule has 0 bridgehead atoms. The molecule has 16 heteroatoms. The van der Waals surface area contributed by atoms with Gasteiger partial charge >= 0.3 is 35.8 Å². The molecule has 0 aromatic carbocycles. The van der Waals surface area contributed by atoms with E-state index >= 15 is 0 Å².